The molecule has 0 spiro atoms. The standard InChI is InChI=1S/C21H25NO6/c1-21(2,15-11-16(26-3)13-17(12-15)27-4)28-20(25)22-18(19(23)24)10-14-8-6-5-7-9-14/h5-9,11-13,18H,10H2,1-4H3,(H,22,25)(H,23,24). The maximum Gasteiger partial charge on any atom is 0.408 e. The summed E-state index contributed by atoms with van der Waals surface area (Å²) >= 11 is 0. The minimum absolute atomic E-state index is 0.151. The highest BCUT2D eigenvalue weighted by Crippen LogP contribution is 2.32. The minimum atomic E-state index is -1.14. The van der Waals surface area contributed by atoms with E-state index in [9.17, 15) is 14.7 Å². The van der Waals surface area contributed by atoms with Crippen LogP contribution in [0.3, 0.4) is 0 Å². The van der Waals surface area contributed by atoms with Crippen molar-refractivity contribution in [1.82, 2.24) is 5.32 Å². The Morgan fingerprint density at radius 2 is 1.61 bits per heavy atom. The molecule has 0 radical (unpaired) electrons. The molecule has 1 unspecified atom stereocenters. The molecule has 0 aromatic heterocycles. The number of carboxylic acids is 1. The Morgan fingerprint density at radius 3 is 2.11 bits per heavy atom. The number of amides is 1. The number of aliphatic carboxylic acids is 1. The summed E-state index contributed by atoms with van der Waals surface area (Å²) in [7, 11) is 3.06. The van der Waals surface area contributed by atoms with Crippen LogP contribution in [0.25, 0.3) is 0 Å². The van der Waals surface area contributed by atoms with Crippen LogP contribution in [0.15, 0.2) is 48.5 Å². The average Bonchev–Trinajstić information content (AvgIpc) is 2.67. The molecule has 0 fully saturated rings. The molecule has 2 aromatic carbocycles. The summed E-state index contributed by atoms with van der Waals surface area (Å²) in [4.78, 5) is 23.9. The third-order valence-electron chi connectivity index (χ3n) is 4.27. The molecule has 7 heteroatoms. The lowest BCUT2D eigenvalue weighted by molar-refractivity contribution is -0.139. The Morgan fingerprint density at radius 1 is 1.04 bits per heavy atom. The topological polar surface area (TPSA) is 94.1 Å². The molecule has 0 saturated heterocycles. The van der Waals surface area contributed by atoms with E-state index in [1.54, 1.807) is 44.2 Å². The summed E-state index contributed by atoms with van der Waals surface area (Å²) in [5.41, 5.74) is 0.405. The van der Waals surface area contributed by atoms with Crippen LogP contribution in [0, 0.1) is 0 Å². The van der Waals surface area contributed by atoms with Gasteiger partial charge in [0.05, 0.1) is 14.2 Å². The van der Waals surface area contributed by atoms with Crippen LogP contribution in [0.2, 0.25) is 0 Å². The lowest BCUT2D eigenvalue weighted by Gasteiger charge is -2.27. The van der Waals surface area contributed by atoms with Crippen LogP contribution in [0.5, 0.6) is 11.5 Å². The zero-order chi connectivity index (χ0) is 20.7. The monoisotopic (exact) mass is 387 g/mol. The van der Waals surface area contributed by atoms with E-state index in [1.165, 1.54) is 14.2 Å². The normalized spacial score (nSPS) is 12.0. The third kappa shape index (κ3) is 5.64. The van der Waals surface area contributed by atoms with Gasteiger partial charge in [-0.15, -0.1) is 0 Å². The number of hydrogen-bond donors (Lipinski definition) is 2. The van der Waals surface area contributed by atoms with Gasteiger partial charge in [0.15, 0.2) is 0 Å². The van der Waals surface area contributed by atoms with Crippen LogP contribution in [-0.2, 0) is 21.6 Å². The smallest absolute Gasteiger partial charge is 0.408 e. The Labute approximate surface area is 164 Å². The number of benzene rings is 2. The minimum Gasteiger partial charge on any atom is -0.497 e. The molecule has 0 saturated carbocycles. The van der Waals surface area contributed by atoms with E-state index < -0.39 is 23.7 Å². The maximum atomic E-state index is 12.4. The SMILES string of the molecule is COc1cc(OC)cc(C(C)(C)OC(=O)NC(Cc2ccccc2)C(=O)O)c1. The van der Waals surface area contributed by atoms with Crippen molar-refractivity contribution in [3.8, 4) is 11.5 Å². The van der Waals surface area contributed by atoms with Crippen molar-refractivity contribution in [1.29, 1.82) is 0 Å². The van der Waals surface area contributed by atoms with E-state index in [4.69, 9.17) is 14.2 Å². The molecule has 150 valence electrons. The van der Waals surface area contributed by atoms with E-state index in [0.29, 0.717) is 17.1 Å². The molecule has 0 heterocycles. The second-order valence-corrected chi connectivity index (χ2v) is 6.73. The van der Waals surface area contributed by atoms with Crippen LogP contribution in [-0.4, -0.2) is 37.4 Å². The van der Waals surface area contributed by atoms with Crippen molar-refractivity contribution in [2.24, 2.45) is 0 Å². The number of carbonyl (C=O) groups excluding carboxylic acids is 1. The van der Waals surface area contributed by atoms with Crippen LogP contribution in [0.1, 0.15) is 25.0 Å². The van der Waals surface area contributed by atoms with Gasteiger partial charge >= 0.3 is 12.1 Å². The van der Waals surface area contributed by atoms with E-state index in [0.717, 1.165) is 5.56 Å². The Balaban J connectivity index is 2.12. The van der Waals surface area contributed by atoms with Gasteiger partial charge in [-0.3, -0.25) is 0 Å². The van der Waals surface area contributed by atoms with E-state index in [1.807, 2.05) is 18.2 Å². The molecule has 1 atom stereocenters. The highest BCUT2D eigenvalue weighted by atomic mass is 16.6. The quantitative estimate of drug-likeness (QED) is 0.721. The maximum absolute atomic E-state index is 12.4. The van der Waals surface area contributed by atoms with Crippen LogP contribution >= 0.6 is 0 Å². The van der Waals surface area contributed by atoms with Crippen molar-refractivity contribution in [2.75, 3.05) is 14.2 Å². The summed E-state index contributed by atoms with van der Waals surface area (Å²) in [6.45, 7) is 3.40. The Hall–Kier alpha value is -3.22. The van der Waals surface area contributed by atoms with Gasteiger partial charge < -0.3 is 24.6 Å². The van der Waals surface area contributed by atoms with E-state index in [-0.39, 0.29) is 6.42 Å². The van der Waals surface area contributed by atoms with E-state index >= 15 is 0 Å². The first-order valence-electron chi connectivity index (χ1n) is 8.75. The van der Waals surface area contributed by atoms with Gasteiger partial charge in [0.25, 0.3) is 0 Å². The fourth-order valence-electron chi connectivity index (χ4n) is 2.67. The number of methoxy groups -OCH3 is 2. The Bertz CT molecular complexity index is 797. The number of hydrogen-bond acceptors (Lipinski definition) is 5. The summed E-state index contributed by atoms with van der Waals surface area (Å²) in [6.07, 6.45) is -0.672. The fraction of sp³-hybridized carbons (Fsp3) is 0.333. The molecule has 2 rings (SSSR count). The number of ether oxygens (including phenoxy) is 3. The van der Waals surface area contributed by atoms with Gasteiger partial charge in [-0.1, -0.05) is 30.3 Å². The summed E-state index contributed by atoms with van der Waals surface area (Å²) in [5, 5.41) is 11.9. The molecule has 2 aromatic rings. The highest BCUT2D eigenvalue weighted by molar-refractivity contribution is 5.80. The fourth-order valence-corrected chi connectivity index (χ4v) is 2.67. The predicted octanol–water partition coefficient (Wildman–Crippen LogP) is 3.36. The predicted molar refractivity (Wildman–Crippen MR) is 104 cm³/mol. The highest BCUT2D eigenvalue weighted by Gasteiger charge is 2.29. The van der Waals surface area contributed by atoms with Crippen molar-refractivity contribution in [3.63, 3.8) is 0 Å². The largest absolute Gasteiger partial charge is 0.497 e. The Kier molecular flexibility index (Phi) is 6.87. The van der Waals surface area contributed by atoms with E-state index in [2.05, 4.69) is 5.32 Å². The number of nitrogens with one attached hydrogen (secondary N) is 1. The molecule has 2 N–H and O–H groups in total. The average molecular weight is 387 g/mol. The summed E-state index contributed by atoms with van der Waals surface area (Å²) in [6, 6.07) is 13.1. The first-order chi connectivity index (χ1) is 13.2. The summed E-state index contributed by atoms with van der Waals surface area (Å²) in [5.74, 6) is -0.0282. The molecular weight excluding hydrogens is 362 g/mol. The molecule has 7 nitrogen and oxygen atoms in total. The second-order valence-electron chi connectivity index (χ2n) is 6.73. The molecular formula is C21H25NO6. The number of carbonyl (C=O) groups is 2. The van der Waals surface area contributed by atoms with Gasteiger partial charge in [-0.25, -0.2) is 9.59 Å². The molecule has 28 heavy (non-hydrogen) atoms. The third-order valence-corrected chi connectivity index (χ3v) is 4.27. The van der Waals surface area contributed by atoms with Gasteiger partial charge in [0.1, 0.15) is 23.1 Å². The number of carboxylic acid groups (broad SMARTS) is 1. The van der Waals surface area contributed by atoms with Gasteiger partial charge in [-0.2, -0.15) is 0 Å². The van der Waals surface area contributed by atoms with Crippen molar-refractivity contribution < 1.29 is 28.9 Å². The van der Waals surface area contributed by atoms with Gasteiger partial charge in [0.2, 0.25) is 0 Å². The zero-order valence-corrected chi connectivity index (χ0v) is 16.4. The first kappa shape index (κ1) is 21.1. The first-order valence-corrected chi connectivity index (χ1v) is 8.75. The lowest BCUT2D eigenvalue weighted by Crippen LogP contribution is -2.44. The van der Waals surface area contributed by atoms with Gasteiger partial charge in [-0.05, 0) is 31.5 Å². The van der Waals surface area contributed by atoms with Crippen molar-refractivity contribution in [2.45, 2.75) is 31.9 Å². The van der Waals surface area contributed by atoms with Crippen molar-refractivity contribution in [3.05, 3.63) is 59.7 Å². The van der Waals surface area contributed by atoms with Crippen molar-refractivity contribution >= 4 is 12.1 Å². The summed E-state index contributed by atoms with van der Waals surface area (Å²) < 4.78 is 16.0. The number of rotatable bonds is 8. The molecule has 1 amide bonds. The zero-order valence-electron chi connectivity index (χ0n) is 16.4. The molecule has 0 bridgehead atoms. The van der Waals surface area contributed by atoms with Gasteiger partial charge in [0, 0.05) is 18.1 Å². The van der Waals surface area contributed by atoms with Crippen LogP contribution < -0.4 is 14.8 Å². The van der Waals surface area contributed by atoms with Crippen LogP contribution in [0.4, 0.5) is 4.79 Å². The number of alkyl carbamates (subject to hydrolysis) is 1. The lowest BCUT2D eigenvalue weighted by atomic mass is 9.97. The molecule has 0 aliphatic heterocycles. The molecule has 0 aliphatic rings. The molecule has 0 aliphatic carbocycles. The second kappa shape index (κ2) is 9.12.